The minimum Gasteiger partial charge on any atom is -0.496 e. The number of rotatable bonds is 6. The molecule has 0 aromatic heterocycles. The van der Waals surface area contributed by atoms with Crippen molar-refractivity contribution < 1.29 is 18.9 Å². The van der Waals surface area contributed by atoms with Gasteiger partial charge in [-0.1, -0.05) is 39.8 Å². The van der Waals surface area contributed by atoms with Crippen molar-refractivity contribution in [3.8, 4) is 23.0 Å². The van der Waals surface area contributed by atoms with Crippen LogP contribution in [0.25, 0.3) is 0 Å². The summed E-state index contributed by atoms with van der Waals surface area (Å²) in [5.74, 6) is 2.97. The van der Waals surface area contributed by atoms with Crippen LogP contribution < -0.4 is 18.9 Å². The van der Waals surface area contributed by atoms with Gasteiger partial charge in [-0.2, -0.15) is 0 Å². The van der Waals surface area contributed by atoms with Crippen LogP contribution in [0.2, 0.25) is 0 Å². The van der Waals surface area contributed by atoms with Crippen LogP contribution in [0.4, 0.5) is 0 Å². The van der Waals surface area contributed by atoms with Crippen LogP contribution in [0, 0.1) is 13.8 Å². The van der Waals surface area contributed by atoms with Gasteiger partial charge in [-0.3, -0.25) is 0 Å². The van der Waals surface area contributed by atoms with Gasteiger partial charge in [0, 0.05) is 0 Å². The molecule has 0 unspecified atom stereocenters. The van der Waals surface area contributed by atoms with Crippen LogP contribution in [0.5, 0.6) is 23.0 Å². The van der Waals surface area contributed by atoms with Gasteiger partial charge in [0.25, 0.3) is 0 Å². The van der Waals surface area contributed by atoms with Gasteiger partial charge < -0.3 is 18.9 Å². The Labute approximate surface area is 152 Å². The third kappa shape index (κ3) is 6.96. The van der Waals surface area contributed by atoms with Gasteiger partial charge in [0.15, 0.2) is 11.5 Å². The molecule has 0 bridgehead atoms. The molecule has 0 spiro atoms. The first kappa shape index (κ1) is 22.6. The van der Waals surface area contributed by atoms with E-state index >= 15 is 0 Å². The van der Waals surface area contributed by atoms with Crippen LogP contribution in [0.3, 0.4) is 0 Å². The van der Waals surface area contributed by atoms with Crippen molar-refractivity contribution in [2.75, 3.05) is 21.0 Å². The standard InChI is InChI=1S/C17H20O4.2C2H6/c1-12-6-5-7-16(17(12)19-4)21-11-20-14-8-9-15(18-3)13(2)10-14;2*1-2/h5-10H,11H2,1-4H3;2*1-2H3. The van der Waals surface area contributed by atoms with E-state index in [0.29, 0.717) is 5.75 Å². The smallest absolute Gasteiger partial charge is 0.231 e. The zero-order valence-electron chi connectivity index (χ0n) is 16.8. The number of hydrogen-bond donors (Lipinski definition) is 0. The molecule has 0 N–H and O–H groups in total. The second-order valence-electron chi connectivity index (χ2n) is 4.64. The molecule has 0 atom stereocenters. The lowest BCUT2D eigenvalue weighted by Gasteiger charge is -2.13. The fourth-order valence-electron chi connectivity index (χ4n) is 2.10. The summed E-state index contributed by atoms with van der Waals surface area (Å²) in [4.78, 5) is 0. The van der Waals surface area contributed by atoms with E-state index in [-0.39, 0.29) is 6.79 Å². The van der Waals surface area contributed by atoms with Crippen molar-refractivity contribution in [3.05, 3.63) is 47.5 Å². The third-order valence-electron chi connectivity index (χ3n) is 3.19. The number of para-hydroxylation sites is 1. The third-order valence-corrected chi connectivity index (χ3v) is 3.19. The highest BCUT2D eigenvalue weighted by Crippen LogP contribution is 2.30. The summed E-state index contributed by atoms with van der Waals surface area (Å²) in [7, 11) is 3.28. The molecule has 2 aromatic carbocycles. The average Bonchev–Trinajstić information content (AvgIpc) is 2.65. The lowest BCUT2D eigenvalue weighted by Crippen LogP contribution is -2.07. The van der Waals surface area contributed by atoms with Crippen LogP contribution in [0.1, 0.15) is 38.8 Å². The summed E-state index contributed by atoms with van der Waals surface area (Å²) >= 11 is 0. The SMILES string of the molecule is CC.CC.COc1ccc(OCOc2cccc(C)c2OC)cc1C. The molecule has 0 radical (unpaired) electrons. The molecule has 0 aliphatic carbocycles. The Morgan fingerprint density at radius 3 is 1.96 bits per heavy atom. The van der Waals surface area contributed by atoms with Crippen molar-refractivity contribution in [1.82, 2.24) is 0 Å². The molecule has 0 aliphatic rings. The molecular weight excluding hydrogens is 316 g/mol. The van der Waals surface area contributed by atoms with Gasteiger partial charge in [-0.05, 0) is 49.2 Å². The lowest BCUT2D eigenvalue weighted by atomic mass is 10.2. The number of benzene rings is 2. The highest BCUT2D eigenvalue weighted by molar-refractivity contribution is 5.45. The highest BCUT2D eigenvalue weighted by atomic mass is 16.7. The first-order valence-corrected chi connectivity index (χ1v) is 8.69. The molecule has 140 valence electrons. The normalized spacial score (nSPS) is 8.96. The minimum absolute atomic E-state index is 0.117. The van der Waals surface area contributed by atoms with Crippen molar-refractivity contribution in [2.45, 2.75) is 41.5 Å². The second kappa shape index (κ2) is 13.0. The molecule has 4 nitrogen and oxygen atoms in total. The van der Waals surface area contributed by atoms with Crippen molar-refractivity contribution in [2.24, 2.45) is 0 Å². The summed E-state index contributed by atoms with van der Waals surface area (Å²) in [6.07, 6.45) is 0. The minimum atomic E-state index is 0.117. The molecule has 4 heteroatoms. The van der Waals surface area contributed by atoms with E-state index in [4.69, 9.17) is 18.9 Å². The van der Waals surface area contributed by atoms with E-state index in [9.17, 15) is 0 Å². The molecule has 0 saturated carbocycles. The Hall–Kier alpha value is -2.36. The molecule has 2 aromatic rings. The maximum atomic E-state index is 5.63. The predicted molar refractivity (Wildman–Crippen MR) is 104 cm³/mol. The molecule has 0 amide bonds. The van der Waals surface area contributed by atoms with E-state index in [1.165, 1.54) is 0 Å². The molecule has 0 aliphatic heterocycles. The van der Waals surface area contributed by atoms with Crippen LogP contribution in [-0.2, 0) is 0 Å². The fraction of sp³-hybridized carbons (Fsp3) is 0.429. The lowest BCUT2D eigenvalue weighted by molar-refractivity contribution is 0.116. The first-order chi connectivity index (χ1) is 12.2. The van der Waals surface area contributed by atoms with E-state index in [1.54, 1.807) is 14.2 Å². The quantitative estimate of drug-likeness (QED) is 0.619. The zero-order chi connectivity index (χ0) is 19.2. The van der Waals surface area contributed by atoms with E-state index in [1.807, 2.05) is 77.9 Å². The van der Waals surface area contributed by atoms with E-state index in [0.717, 1.165) is 28.4 Å². The Morgan fingerprint density at radius 1 is 0.720 bits per heavy atom. The summed E-state index contributed by atoms with van der Waals surface area (Å²) in [6, 6.07) is 11.4. The Morgan fingerprint density at radius 2 is 1.40 bits per heavy atom. The molecule has 0 fully saturated rings. The Bertz CT molecular complexity index is 609. The van der Waals surface area contributed by atoms with Crippen LogP contribution >= 0.6 is 0 Å². The number of methoxy groups -OCH3 is 2. The van der Waals surface area contributed by atoms with Crippen molar-refractivity contribution in [1.29, 1.82) is 0 Å². The largest absolute Gasteiger partial charge is 0.496 e. The maximum absolute atomic E-state index is 5.63. The summed E-state index contributed by atoms with van der Waals surface area (Å²) < 4.78 is 21.8. The van der Waals surface area contributed by atoms with E-state index < -0.39 is 0 Å². The second-order valence-corrected chi connectivity index (χ2v) is 4.64. The predicted octanol–water partition coefficient (Wildman–Crippen LogP) is 5.79. The topological polar surface area (TPSA) is 36.9 Å². The van der Waals surface area contributed by atoms with Gasteiger partial charge in [0.2, 0.25) is 6.79 Å². The highest BCUT2D eigenvalue weighted by Gasteiger charge is 2.07. The van der Waals surface area contributed by atoms with Crippen LogP contribution in [0.15, 0.2) is 36.4 Å². The summed E-state index contributed by atoms with van der Waals surface area (Å²) in [6.45, 7) is 12.1. The van der Waals surface area contributed by atoms with Crippen molar-refractivity contribution >= 4 is 0 Å². The van der Waals surface area contributed by atoms with Gasteiger partial charge in [0.1, 0.15) is 11.5 Å². The van der Waals surface area contributed by atoms with Crippen LogP contribution in [-0.4, -0.2) is 21.0 Å². The Balaban J connectivity index is 0.00000134. The van der Waals surface area contributed by atoms with E-state index in [2.05, 4.69) is 0 Å². The molecule has 0 saturated heterocycles. The first-order valence-electron chi connectivity index (χ1n) is 8.69. The summed E-state index contributed by atoms with van der Waals surface area (Å²) in [5, 5.41) is 0. The molecule has 25 heavy (non-hydrogen) atoms. The zero-order valence-corrected chi connectivity index (χ0v) is 16.8. The van der Waals surface area contributed by atoms with Gasteiger partial charge >= 0.3 is 0 Å². The monoisotopic (exact) mass is 348 g/mol. The van der Waals surface area contributed by atoms with Gasteiger partial charge in [0.05, 0.1) is 14.2 Å². The molecular formula is C21H32O4. The fourth-order valence-corrected chi connectivity index (χ4v) is 2.10. The van der Waals surface area contributed by atoms with Gasteiger partial charge in [-0.15, -0.1) is 0 Å². The number of hydrogen-bond acceptors (Lipinski definition) is 4. The van der Waals surface area contributed by atoms with Gasteiger partial charge in [-0.25, -0.2) is 0 Å². The number of aryl methyl sites for hydroxylation is 2. The average molecular weight is 348 g/mol. The summed E-state index contributed by atoms with van der Waals surface area (Å²) in [5.41, 5.74) is 2.04. The maximum Gasteiger partial charge on any atom is 0.231 e. The van der Waals surface area contributed by atoms with Crippen molar-refractivity contribution in [3.63, 3.8) is 0 Å². The molecule has 2 rings (SSSR count). The number of ether oxygens (including phenoxy) is 4. The Kier molecular flexibility index (Phi) is 11.8. The molecule has 0 heterocycles.